The van der Waals surface area contributed by atoms with E-state index in [0.29, 0.717) is 16.5 Å². The highest BCUT2D eigenvalue weighted by Crippen LogP contribution is 2.28. The highest BCUT2D eigenvalue weighted by atomic mass is 35.5. The Balaban J connectivity index is 1.81. The van der Waals surface area contributed by atoms with Crippen molar-refractivity contribution in [2.45, 2.75) is 6.92 Å². The Hall–Kier alpha value is -3.05. The van der Waals surface area contributed by atoms with Crippen LogP contribution in [0.4, 0.5) is 17.1 Å². The van der Waals surface area contributed by atoms with Gasteiger partial charge >= 0.3 is 0 Å². The summed E-state index contributed by atoms with van der Waals surface area (Å²) < 4.78 is 5.25. The molecule has 2 N–H and O–H groups in total. The van der Waals surface area contributed by atoms with Crippen molar-refractivity contribution in [2.24, 2.45) is 0 Å². The second-order valence-corrected chi connectivity index (χ2v) is 6.10. The van der Waals surface area contributed by atoms with Crippen molar-refractivity contribution in [3.05, 3.63) is 77.1 Å². The number of rotatable bonds is 5. The predicted molar refractivity (Wildman–Crippen MR) is 105 cm³/mol. The van der Waals surface area contributed by atoms with Crippen molar-refractivity contribution >= 4 is 34.6 Å². The minimum Gasteiger partial charge on any atom is -0.495 e. The van der Waals surface area contributed by atoms with E-state index < -0.39 is 0 Å². The van der Waals surface area contributed by atoms with Crippen LogP contribution in [-0.4, -0.2) is 18.0 Å². The number of hydrogen-bond acceptors (Lipinski definition) is 4. The quantitative estimate of drug-likeness (QED) is 0.662. The van der Waals surface area contributed by atoms with Gasteiger partial charge < -0.3 is 15.4 Å². The molecule has 0 aliphatic heterocycles. The van der Waals surface area contributed by atoms with Crippen LogP contribution in [0.25, 0.3) is 0 Å². The predicted octanol–water partition coefficient (Wildman–Crippen LogP) is 5.05. The number of nitrogens with zero attached hydrogens (tertiary/aromatic N) is 1. The maximum Gasteiger partial charge on any atom is 0.274 e. The van der Waals surface area contributed by atoms with Crippen molar-refractivity contribution in [1.82, 2.24) is 4.98 Å². The van der Waals surface area contributed by atoms with Gasteiger partial charge in [-0.05, 0) is 48.9 Å². The van der Waals surface area contributed by atoms with Crippen molar-refractivity contribution in [3.63, 3.8) is 0 Å². The summed E-state index contributed by atoms with van der Waals surface area (Å²) >= 11 is 6.00. The van der Waals surface area contributed by atoms with Gasteiger partial charge in [0.1, 0.15) is 11.4 Å². The number of aryl methyl sites for hydroxylation is 1. The maximum atomic E-state index is 12.6. The van der Waals surface area contributed by atoms with Gasteiger partial charge in [0.15, 0.2) is 0 Å². The van der Waals surface area contributed by atoms with E-state index in [1.807, 2.05) is 37.3 Å². The Bertz CT molecular complexity index is 944. The fourth-order valence-corrected chi connectivity index (χ4v) is 2.64. The Kier molecular flexibility index (Phi) is 5.39. The first-order valence-corrected chi connectivity index (χ1v) is 8.38. The van der Waals surface area contributed by atoms with E-state index in [1.165, 1.54) is 7.11 Å². The molecule has 2 aromatic carbocycles. The smallest absolute Gasteiger partial charge is 0.274 e. The molecular formula is C20H18ClN3O2. The SMILES string of the molecule is COc1ccc(Cl)cc1NC(=O)c1cc(Nc2ccccc2C)ccn1. The fraction of sp³-hybridized carbons (Fsp3) is 0.100. The van der Waals surface area contributed by atoms with Gasteiger partial charge in [-0.1, -0.05) is 29.8 Å². The van der Waals surface area contributed by atoms with Crippen LogP contribution in [0, 0.1) is 6.92 Å². The number of amides is 1. The lowest BCUT2D eigenvalue weighted by molar-refractivity contribution is 0.102. The summed E-state index contributed by atoms with van der Waals surface area (Å²) in [4.78, 5) is 16.7. The zero-order valence-electron chi connectivity index (χ0n) is 14.4. The lowest BCUT2D eigenvalue weighted by Crippen LogP contribution is -2.14. The first-order valence-electron chi connectivity index (χ1n) is 8.00. The lowest BCUT2D eigenvalue weighted by atomic mass is 10.2. The largest absolute Gasteiger partial charge is 0.495 e. The zero-order valence-corrected chi connectivity index (χ0v) is 15.2. The minimum atomic E-state index is -0.348. The Morgan fingerprint density at radius 1 is 1.08 bits per heavy atom. The molecule has 0 saturated carbocycles. The summed E-state index contributed by atoms with van der Waals surface area (Å²) in [6, 6.07) is 16.5. The van der Waals surface area contributed by atoms with E-state index in [-0.39, 0.29) is 11.6 Å². The van der Waals surface area contributed by atoms with Crippen LogP contribution in [0.3, 0.4) is 0 Å². The number of carbonyl (C=O) groups excluding carboxylic acids is 1. The molecule has 1 aromatic heterocycles. The summed E-state index contributed by atoms with van der Waals surface area (Å²) in [5.74, 6) is 0.177. The van der Waals surface area contributed by atoms with Gasteiger partial charge in [-0.15, -0.1) is 0 Å². The summed E-state index contributed by atoms with van der Waals surface area (Å²) in [6.45, 7) is 2.02. The zero-order chi connectivity index (χ0) is 18.5. The van der Waals surface area contributed by atoms with E-state index in [9.17, 15) is 4.79 Å². The number of para-hydroxylation sites is 1. The van der Waals surface area contributed by atoms with Crippen molar-refractivity contribution < 1.29 is 9.53 Å². The molecule has 26 heavy (non-hydrogen) atoms. The van der Waals surface area contributed by atoms with Gasteiger partial charge in [-0.3, -0.25) is 9.78 Å². The third-order valence-electron chi connectivity index (χ3n) is 3.83. The molecule has 6 heteroatoms. The van der Waals surface area contributed by atoms with E-state index >= 15 is 0 Å². The Labute approximate surface area is 157 Å². The molecule has 0 unspecified atom stereocenters. The molecular weight excluding hydrogens is 350 g/mol. The average molecular weight is 368 g/mol. The second-order valence-electron chi connectivity index (χ2n) is 5.67. The number of aromatic nitrogens is 1. The molecule has 0 bridgehead atoms. The van der Waals surface area contributed by atoms with E-state index in [4.69, 9.17) is 16.3 Å². The topological polar surface area (TPSA) is 63.2 Å². The van der Waals surface area contributed by atoms with Gasteiger partial charge in [-0.25, -0.2) is 0 Å². The number of halogens is 1. The minimum absolute atomic E-state index is 0.283. The molecule has 0 aliphatic rings. The summed E-state index contributed by atoms with van der Waals surface area (Å²) in [7, 11) is 1.53. The van der Waals surface area contributed by atoms with Crippen LogP contribution in [0.2, 0.25) is 5.02 Å². The highest BCUT2D eigenvalue weighted by Gasteiger charge is 2.12. The number of carbonyl (C=O) groups is 1. The van der Waals surface area contributed by atoms with Crippen molar-refractivity contribution in [1.29, 1.82) is 0 Å². The lowest BCUT2D eigenvalue weighted by Gasteiger charge is -2.12. The molecule has 3 rings (SSSR count). The van der Waals surface area contributed by atoms with Gasteiger partial charge in [0.05, 0.1) is 12.8 Å². The number of hydrogen-bond donors (Lipinski definition) is 2. The van der Waals surface area contributed by atoms with Gasteiger partial charge in [0.25, 0.3) is 5.91 Å². The summed E-state index contributed by atoms with van der Waals surface area (Å²) in [5, 5.41) is 6.58. The van der Waals surface area contributed by atoms with Crippen LogP contribution in [0.15, 0.2) is 60.8 Å². The molecule has 0 atom stereocenters. The normalized spacial score (nSPS) is 10.3. The molecule has 5 nitrogen and oxygen atoms in total. The second kappa shape index (κ2) is 7.89. The molecule has 132 valence electrons. The maximum absolute atomic E-state index is 12.6. The Morgan fingerprint density at radius 2 is 1.88 bits per heavy atom. The van der Waals surface area contributed by atoms with Crippen LogP contribution < -0.4 is 15.4 Å². The van der Waals surface area contributed by atoms with Crippen LogP contribution >= 0.6 is 11.6 Å². The summed E-state index contributed by atoms with van der Waals surface area (Å²) in [5.41, 5.74) is 3.63. The third kappa shape index (κ3) is 4.13. The standard InChI is InChI=1S/C20H18ClN3O2/c1-13-5-3-4-6-16(13)23-15-9-10-22-18(12-15)20(25)24-17-11-14(21)7-8-19(17)26-2/h3-12H,1-2H3,(H,22,23)(H,24,25). The molecule has 0 fully saturated rings. The van der Waals surface area contributed by atoms with Crippen LogP contribution in [0.5, 0.6) is 5.75 Å². The summed E-state index contributed by atoms with van der Waals surface area (Å²) in [6.07, 6.45) is 1.59. The molecule has 0 spiro atoms. The van der Waals surface area contributed by atoms with Gasteiger partial charge in [-0.2, -0.15) is 0 Å². The van der Waals surface area contributed by atoms with Crippen molar-refractivity contribution in [2.75, 3.05) is 17.7 Å². The first kappa shape index (κ1) is 17.8. The number of ether oxygens (including phenoxy) is 1. The molecule has 0 saturated heterocycles. The molecule has 1 amide bonds. The molecule has 0 radical (unpaired) electrons. The average Bonchev–Trinajstić information content (AvgIpc) is 2.64. The number of benzene rings is 2. The number of anilines is 3. The molecule has 0 aliphatic carbocycles. The van der Waals surface area contributed by atoms with Crippen LogP contribution in [0.1, 0.15) is 16.1 Å². The van der Waals surface area contributed by atoms with Gasteiger partial charge in [0.2, 0.25) is 0 Å². The molecule has 1 heterocycles. The number of nitrogens with one attached hydrogen (secondary N) is 2. The number of pyridine rings is 1. The molecule has 3 aromatic rings. The first-order chi connectivity index (χ1) is 12.6. The highest BCUT2D eigenvalue weighted by molar-refractivity contribution is 6.31. The fourth-order valence-electron chi connectivity index (χ4n) is 2.47. The van der Waals surface area contributed by atoms with E-state index in [2.05, 4.69) is 15.6 Å². The number of methoxy groups -OCH3 is 1. The van der Waals surface area contributed by atoms with E-state index in [0.717, 1.165) is 16.9 Å². The monoisotopic (exact) mass is 367 g/mol. The van der Waals surface area contributed by atoms with Crippen molar-refractivity contribution in [3.8, 4) is 5.75 Å². The van der Waals surface area contributed by atoms with Crippen LogP contribution in [-0.2, 0) is 0 Å². The Morgan fingerprint density at radius 3 is 2.65 bits per heavy atom. The van der Waals surface area contributed by atoms with E-state index in [1.54, 1.807) is 30.5 Å². The van der Waals surface area contributed by atoms with Gasteiger partial charge in [0, 0.05) is 22.6 Å². The third-order valence-corrected chi connectivity index (χ3v) is 4.06.